The minimum atomic E-state index is -3.78. The summed E-state index contributed by atoms with van der Waals surface area (Å²) < 4.78 is 33.4. The average molecular weight is 406 g/mol. The Morgan fingerprint density at radius 1 is 0.828 bits per heavy atom. The molecular formula is C21H18N4O3S. The van der Waals surface area contributed by atoms with E-state index in [1.807, 2.05) is 12.1 Å². The fourth-order valence-corrected chi connectivity index (χ4v) is 4.25. The summed E-state index contributed by atoms with van der Waals surface area (Å²) >= 11 is 0. The zero-order valence-electron chi connectivity index (χ0n) is 15.4. The smallest absolute Gasteiger partial charge is 0.243 e. The van der Waals surface area contributed by atoms with Crippen LogP contribution in [0.25, 0.3) is 11.3 Å². The largest absolute Gasteiger partial charge is 0.444 e. The molecule has 3 heterocycles. The van der Waals surface area contributed by atoms with Crippen molar-refractivity contribution < 1.29 is 12.8 Å². The van der Waals surface area contributed by atoms with E-state index in [4.69, 9.17) is 4.42 Å². The van der Waals surface area contributed by atoms with E-state index in [0.717, 1.165) is 5.56 Å². The van der Waals surface area contributed by atoms with Crippen LogP contribution >= 0.6 is 0 Å². The number of nitrogens with zero attached hydrogens (tertiary/aromatic N) is 4. The Labute approximate surface area is 168 Å². The first-order valence-electron chi connectivity index (χ1n) is 8.92. The van der Waals surface area contributed by atoms with Crippen LogP contribution < -0.4 is 0 Å². The van der Waals surface area contributed by atoms with Gasteiger partial charge in [0.15, 0.2) is 12.2 Å². The lowest BCUT2D eigenvalue weighted by Gasteiger charge is -2.22. The van der Waals surface area contributed by atoms with Crippen LogP contribution in [0.15, 0.2) is 95.0 Å². The summed E-state index contributed by atoms with van der Waals surface area (Å²) in [6.45, 7) is 0.285. The maximum Gasteiger partial charge on any atom is 0.243 e. The summed E-state index contributed by atoms with van der Waals surface area (Å²) in [7, 11) is -3.78. The van der Waals surface area contributed by atoms with Gasteiger partial charge in [0.2, 0.25) is 10.0 Å². The molecule has 0 fully saturated rings. The molecule has 0 aliphatic heterocycles. The summed E-state index contributed by atoms with van der Waals surface area (Å²) in [5.41, 5.74) is 2.07. The second-order valence-corrected chi connectivity index (χ2v) is 8.24. The Bertz CT molecular complexity index is 1110. The van der Waals surface area contributed by atoms with Crippen molar-refractivity contribution in [2.45, 2.75) is 18.0 Å². The predicted octanol–water partition coefficient (Wildman–Crippen LogP) is 3.52. The van der Waals surface area contributed by atoms with Gasteiger partial charge in [-0.05, 0) is 48.5 Å². The Kier molecular flexibility index (Phi) is 5.46. The molecule has 0 spiro atoms. The minimum absolute atomic E-state index is 0.142. The van der Waals surface area contributed by atoms with Gasteiger partial charge in [-0.25, -0.2) is 13.4 Å². The van der Waals surface area contributed by atoms with E-state index in [1.54, 1.807) is 67.1 Å². The molecule has 4 rings (SSSR count). The molecule has 146 valence electrons. The summed E-state index contributed by atoms with van der Waals surface area (Å²) in [6.07, 6.45) is 6.21. The number of benzene rings is 1. The first kappa shape index (κ1) is 19.0. The van der Waals surface area contributed by atoms with E-state index in [2.05, 4.69) is 15.0 Å². The molecule has 0 radical (unpaired) electrons. The highest BCUT2D eigenvalue weighted by Crippen LogP contribution is 2.24. The number of hydrogen-bond donors (Lipinski definition) is 0. The highest BCUT2D eigenvalue weighted by atomic mass is 32.2. The maximum atomic E-state index is 13.4. The Balaban J connectivity index is 1.66. The topological polar surface area (TPSA) is 89.2 Å². The molecule has 0 aliphatic rings. The van der Waals surface area contributed by atoms with Crippen LogP contribution in [-0.4, -0.2) is 27.7 Å². The summed E-state index contributed by atoms with van der Waals surface area (Å²) in [4.78, 5) is 12.6. The van der Waals surface area contributed by atoms with Gasteiger partial charge < -0.3 is 4.42 Å². The van der Waals surface area contributed by atoms with E-state index in [1.165, 1.54) is 10.7 Å². The van der Waals surface area contributed by atoms with Crippen molar-refractivity contribution in [1.82, 2.24) is 19.3 Å². The van der Waals surface area contributed by atoms with E-state index in [9.17, 15) is 8.42 Å². The predicted molar refractivity (Wildman–Crippen MR) is 107 cm³/mol. The third-order valence-corrected chi connectivity index (χ3v) is 6.14. The molecular weight excluding hydrogens is 388 g/mol. The van der Waals surface area contributed by atoms with Gasteiger partial charge in [-0.2, -0.15) is 4.31 Å². The van der Waals surface area contributed by atoms with Crippen LogP contribution in [0.1, 0.15) is 11.4 Å². The zero-order chi connectivity index (χ0) is 20.1. The van der Waals surface area contributed by atoms with Gasteiger partial charge >= 0.3 is 0 Å². The number of aromatic nitrogens is 3. The lowest BCUT2D eigenvalue weighted by atomic mass is 10.2. The molecule has 0 atom stereocenters. The van der Waals surface area contributed by atoms with Crippen LogP contribution in [-0.2, 0) is 23.1 Å². The van der Waals surface area contributed by atoms with Crippen molar-refractivity contribution in [2.24, 2.45) is 0 Å². The Morgan fingerprint density at radius 3 is 1.93 bits per heavy atom. The summed E-state index contributed by atoms with van der Waals surface area (Å²) in [5, 5.41) is 0. The third-order valence-electron chi connectivity index (χ3n) is 4.34. The normalized spacial score (nSPS) is 11.6. The SMILES string of the molecule is O=S(=O)(c1ccc(-c2cnco2)cc1)N(Cc1ccccn1)Cc1ccccn1. The molecule has 0 amide bonds. The maximum absolute atomic E-state index is 13.4. The molecule has 0 saturated carbocycles. The van der Waals surface area contributed by atoms with Crippen molar-refractivity contribution >= 4 is 10.0 Å². The molecule has 4 aromatic rings. The molecule has 0 unspecified atom stereocenters. The second kappa shape index (κ2) is 8.34. The van der Waals surface area contributed by atoms with Gasteiger partial charge in [-0.15, -0.1) is 0 Å². The number of sulfonamides is 1. The molecule has 0 bridgehead atoms. The van der Waals surface area contributed by atoms with Crippen LogP contribution in [0.2, 0.25) is 0 Å². The van der Waals surface area contributed by atoms with Gasteiger partial charge in [0.25, 0.3) is 0 Å². The molecule has 0 aliphatic carbocycles. The van der Waals surface area contributed by atoms with E-state index in [0.29, 0.717) is 17.1 Å². The Morgan fingerprint density at radius 2 is 1.45 bits per heavy atom. The van der Waals surface area contributed by atoms with Crippen molar-refractivity contribution in [1.29, 1.82) is 0 Å². The molecule has 1 aromatic carbocycles. The van der Waals surface area contributed by atoms with Gasteiger partial charge in [-0.1, -0.05) is 12.1 Å². The number of rotatable bonds is 7. The first-order chi connectivity index (χ1) is 14.1. The lowest BCUT2D eigenvalue weighted by Crippen LogP contribution is -2.31. The fraction of sp³-hybridized carbons (Fsp3) is 0.0952. The third kappa shape index (κ3) is 4.39. The highest BCUT2D eigenvalue weighted by Gasteiger charge is 2.26. The van der Waals surface area contributed by atoms with E-state index < -0.39 is 10.0 Å². The number of oxazole rings is 1. The van der Waals surface area contributed by atoms with Gasteiger partial charge in [0.05, 0.1) is 35.6 Å². The van der Waals surface area contributed by atoms with Crippen molar-refractivity contribution in [2.75, 3.05) is 0 Å². The summed E-state index contributed by atoms with van der Waals surface area (Å²) in [5.74, 6) is 0.577. The molecule has 8 heteroatoms. The zero-order valence-corrected chi connectivity index (χ0v) is 16.2. The molecule has 7 nitrogen and oxygen atoms in total. The van der Waals surface area contributed by atoms with Crippen molar-refractivity contribution in [3.63, 3.8) is 0 Å². The lowest BCUT2D eigenvalue weighted by molar-refractivity contribution is 0.393. The van der Waals surface area contributed by atoms with Gasteiger partial charge in [-0.3, -0.25) is 9.97 Å². The minimum Gasteiger partial charge on any atom is -0.444 e. The van der Waals surface area contributed by atoms with E-state index >= 15 is 0 Å². The van der Waals surface area contributed by atoms with Crippen molar-refractivity contribution in [3.05, 3.63) is 97.0 Å². The highest BCUT2D eigenvalue weighted by molar-refractivity contribution is 7.89. The molecule has 29 heavy (non-hydrogen) atoms. The van der Waals surface area contributed by atoms with E-state index in [-0.39, 0.29) is 18.0 Å². The van der Waals surface area contributed by atoms with Crippen LogP contribution in [0.3, 0.4) is 0 Å². The second-order valence-electron chi connectivity index (χ2n) is 6.31. The Hall–Kier alpha value is -3.36. The van der Waals surface area contributed by atoms with Gasteiger partial charge in [0.1, 0.15) is 0 Å². The average Bonchev–Trinajstić information content (AvgIpc) is 3.30. The molecule has 0 N–H and O–H groups in total. The fourth-order valence-electron chi connectivity index (χ4n) is 2.87. The van der Waals surface area contributed by atoms with Crippen LogP contribution in [0.5, 0.6) is 0 Å². The molecule has 0 saturated heterocycles. The number of pyridine rings is 2. The number of hydrogen-bond acceptors (Lipinski definition) is 6. The summed E-state index contributed by atoms with van der Waals surface area (Å²) in [6, 6.07) is 17.4. The monoisotopic (exact) mass is 406 g/mol. The van der Waals surface area contributed by atoms with Gasteiger partial charge in [0, 0.05) is 18.0 Å². The first-order valence-corrected chi connectivity index (χ1v) is 10.4. The quantitative estimate of drug-likeness (QED) is 0.466. The standard InChI is InChI=1S/C21H18N4O3S/c26-29(27,20-9-7-17(8-10-20)21-13-22-16-28-21)25(14-18-5-1-3-11-23-18)15-19-6-2-4-12-24-19/h1-13,16H,14-15H2. The van der Waals surface area contributed by atoms with Crippen LogP contribution in [0.4, 0.5) is 0 Å². The molecule has 3 aromatic heterocycles. The van der Waals surface area contributed by atoms with Crippen LogP contribution in [0, 0.1) is 0 Å². The van der Waals surface area contributed by atoms with Crippen molar-refractivity contribution in [3.8, 4) is 11.3 Å².